The van der Waals surface area contributed by atoms with E-state index in [4.69, 9.17) is 0 Å². The molecule has 1 aromatic heterocycles. The first-order valence-electron chi connectivity index (χ1n) is 5.72. The van der Waals surface area contributed by atoms with Gasteiger partial charge in [-0.15, -0.1) is 23.1 Å². The predicted octanol–water partition coefficient (Wildman–Crippen LogP) is 3.83. The first-order valence-corrected chi connectivity index (χ1v) is 8.38. The highest BCUT2D eigenvalue weighted by Gasteiger charge is 2.09. The van der Waals surface area contributed by atoms with Crippen LogP contribution in [0, 0.1) is 0 Å². The second-order valence-corrected chi connectivity index (χ2v) is 6.87. The molecule has 0 fully saturated rings. The number of aromatic nitrogens is 1. The summed E-state index contributed by atoms with van der Waals surface area (Å²) in [7, 11) is 2.01. The Morgan fingerprint density at radius 1 is 1.39 bits per heavy atom. The highest BCUT2D eigenvalue weighted by molar-refractivity contribution is 9.10. The molecule has 2 rings (SSSR count). The average molecular weight is 343 g/mol. The Bertz CT molecular complexity index is 456. The van der Waals surface area contributed by atoms with E-state index in [1.54, 1.807) is 11.3 Å². The summed E-state index contributed by atoms with van der Waals surface area (Å²) < 4.78 is 1.12. The van der Waals surface area contributed by atoms with E-state index in [1.807, 2.05) is 30.4 Å². The monoisotopic (exact) mass is 342 g/mol. The summed E-state index contributed by atoms with van der Waals surface area (Å²) in [6.45, 7) is 0. The van der Waals surface area contributed by atoms with Gasteiger partial charge in [-0.3, -0.25) is 0 Å². The summed E-state index contributed by atoms with van der Waals surface area (Å²) in [5.74, 6) is 1.05. The molecule has 0 saturated heterocycles. The van der Waals surface area contributed by atoms with Gasteiger partial charge in [0.25, 0.3) is 0 Å². The van der Waals surface area contributed by atoms with Crippen LogP contribution in [0.15, 0.2) is 45.2 Å². The SMILES string of the molecule is CNC(CSc1ccc(Br)cc1)Cc1nccs1. The second kappa shape index (κ2) is 7.28. The molecule has 5 heteroatoms. The van der Waals surface area contributed by atoms with Crippen molar-refractivity contribution in [3.63, 3.8) is 0 Å². The highest BCUT2D eigenvalue weighted by atomic mass is 79.9. The molecule has 0 bridgehead atoms. The van der Waals surface area contributed by atoms with Crippen molar-refractivity contribution in [1.82, 2.24) is 10.3 Å². The van der Waals surface area contributed by atoms with Crippen LogP contribution in [-0.2, 0) is 6.42 Å². The average Bonchev–Trinajstić information content (AvgIpc) is 2.89. The van der Waals surface area contributed by atoms with Crippen molar-refractivity contribution >= 4 is 39.0 Å². The highest BCUT2D eigenvalue weighted by Crippen LogP contribution is 2.22. The van der Waals surface area contributed by atoms with Crippen molar-refractivity contribution in [1.29, 1.82) is 0 Å². The Balaban J connectivity index is 1.85. The molecule has 0 aliphatic carbocycles. The molecule has 2 nitrogen and oxygen atoms in total. The van der Waals surface area contributed by atoms with Crippen LogP contribution in [0.2, 0.25) is 0 Å². The minimum Gasteiger partial charge on any atom is -0.316 e. The van der Waals surface area contributed by atoms with Crippen molar-refractivity contribution in [3.05, 3.63) is 45.3 Å². The summed E-state index contributed by atoms with van der Waals surface area (Å²) in [6, 6.07) is 8.91. The summed E-state index contributed by atoms with van der Waals surface area (Å²) in [4.78, 5) is 5.64. The Kier molecular flexibility index (Phi) is 5.69. The van der Waals surface area contributed by atoms with Crippen molar-refractivity contribution in [3.8, 4) is 0 Å². The number of nitrogens with one attached hydrogen (secondary N) is 1. The minimum absolute atomic E-state index is 0.463. The van der Waals surface area contributed by atoms with Gasteiger partial charge in [0.2, 0.25) is 0 Å². The Labute approximate surface area is 124 Å². The third kappa shape index (κ3) is 4.39. The zero-order chi connectivity index (χ0) is 12.8. The van der Waals surface area contributed by atoms with Crippen LogP contribution < -0.4 is 5.32 Å². The normalized spacial score (nSPS) is 12.6. The first-order chi connectivity index (χ1) is 8.78. The van der Waals surface area contributed by atoms with Gasteiger partial charge in [0.05, 0.1) is 5.01 Å². The molecular formula is C13H15BrN2S2. The van der Waals surface area contributed by atoms with E-state index in [0.29, 0.717) is 6.04 Å². The van der Waals surface area contributed by atoms with E-state index in [-0.39, 0.29) is 0 Å². The number of likely N-dealkylation sites (N-methyl/N-ethyl adjacent to an activating group) is 1. The van der Waals surface area contributed by atoms with Gasteiger partial charge in [-0.1, -0.05) is 15.9 Å². The number of nitrogens with zero attached hydrogens (tertiary/aromatic N) is 1. The molecule has 1 heterocycles. The molecule has 0 amide bonds. The third-order valence-electron chi connectivity index (χ3n) is 2.58. The number of hydrogen-bond donors (Lipinski definition) is 1. The van der Waals surface area contributed by atoms with Crippen LogP contribution in [0.1, 0.15) is 5.01 Å². The van der Waals surface area contributed by atoms with Gasteiger partial charge in [-0.2, -0.15) is 0 Å². The summed E-state index contributed by atoms with van der Waals surface area (Å²) in [6.07, 6.45) is 2.87. The van der Waals surface area contributed by atoms with Gasteiger partial charge in [-0.25, -0.2) is 4.98 Å². The molecule has 1 unspecified atom stereocenters. The molecule has 96 valence electrons. The third-order valence-corrected chi connectivity index (χ3v) is 5.08. The molecule has 0 saturated carbocycles. The van der Waals surface area contributed by atoms with Crippen LogP contribution in [0.4, 0.5) is 0 Å². The fraction of sp³-hybridized carbons (Fsp3) is 0.308. The fourth-order valence-corrected chi connectivity index (χ4v) is 3.51. The van der Waals surface area contributed by atoms with Gasteiger partial charge >= 0.3 is 0 Å². The molecule has 0 radical (unpaired) electrons. The second-order valence-electron chi connectivity index (χ2n) is 3.88. The minimum atomic E-state index is 0.463. The molecule has 18 heavy (non-hydrogen) atoms. The number of thioether (sulfide) groups is 1. The smallest absolute Gasteiger partial charge is 0.0940 e. The lowest BCUT2D eigenvalue weighted by Gasteiger charge is -2.14. The molecule has 2 aromatic rings. The van der Waals surface area contributed by atoms with Gasteiger partial charge in [0, 0.05) is 39.2 Å². The van der Waals surface area contributed by atoms with E-state index in [1.165, 1.54) is 9.90 Å². The first kappa shape index (κ1) is 14.1. The summed E-state index contributed by atoms with van der Waals surface area (Å²) in [5, 5.41) is 6.59. The van der Waals surface area contributed by atoms with Crippen molar-refractivity contribution in [2.24, 2.45) is 0 Å². The maximum atomic E-state index is 4.33. The van der Waals surface area contributed by atoms with Crippen molar-refractivity contribution in [2.45, 2.75) is 17.4 Å². The number of benzene rings is 1. The van der Waals surface area contributed by atoms with Gasteiger partial charge in [-0.05, 0) is 31.3 Å². The largest absolute Gasteiger partial charge is 0.316 e. The molecule has 0 spiro atoms. The molecular weight excluding hydrogens is 328 g/mol. The fourth-order valence-electron chi connectivity index (χ4n) is 1.54. The van der Waals surface area contributed by atoms with Gasteiger partial charge < -0.3 is 5.32 Å². The van der Waals surface area contributed by atoms with Crippen LogP contribution in [0.25, 0.3) is 0 Å². The lowest BCUT2D eigenvalue weighted by molar-refractivity contribution is 0.615. The predicted molar refractivity (Wildman–Crippen MR) is 83.5 cm³/mol. The van der Waals surface area contributed by atoms with E-state index in [0.717, 1.165) is 16.6 Å². The van der Waals surface area contributed by atoms with E-state index in [9.17, 15) is 0 Å². The zero-order valence-corrected chi connectivity index (χ0v) is 13.3. The molecule has 0 aliphatic rings. The lowest BCUT2D eigenvalue weighted by Crippen LogP contribution is -2.29. The van der Waals surface area contributed by atoms with Crippen LogP contribution in [0.3, 0.4) is 0 Å². The van der Waals surface area contributed by atoms with Crippen LogP contribution >= 0.6 is 39.0 Å². The lowest BCUT2D eigenvalue weighted by atomic mass is 10.2. The number of thiazole rings is 1. The van der Waals surface area contributed by atoms with E-state index >= 15 is 0 Å². The number of hydrogen-bond acceptors (Lipinski definition) is 4. The van der Waals surface area contributed by atoms with Crippen LogP contribution in [-0.4, -0.2) is 23.8 Å². The summed E-state index contributed by atoms with van der Waals surface area (Å²) in [5.41, 5.74) is 0. The van der Waals surface area contributed by atoms with Gasteiger partial charge in [0.15, 0.2) is 0 Å². The zero-order valence-electron chi connectivity index (χ0n) is 10.1. The quantitative estimate of drug-likeness (QED) is 0.807. The Morgan fingerprint density at radius 3 is 2.78 bits per heavy atom. The Morgan fingerprint density at radius 2 is 2.17 bits per heavy atom. The maximum absolute atomic E-state index is 4.33. The maximum Gasteiger partial charge on any atom is 0.0940 e. The van der Waals surface area contributed by atoms with Crippen LogP contribution in [0.5, 0.6) is 0 Å². The van der Waals surface area contributed by atoms with Crippen molar-refractivity contribution < 1.29 is 0 Å². The molecule has 1 N–H and O–H groups in total. The Hall–Kier alpha value is -0.360. The van der Waals surface area contributed by atoms with E-state index in [2.05, 4.69) is 50.5 Å². The number of rotatable bonds is 6. The molecule has 1 atom stereocenters. The van der Waals surface area contributed by atoms with Gasteiger partial charge in [0.1, 0.15) is 0 Å². The van der Waals surface area contributed by atoms with Crippen molar-refractivity contribution in [2.75, 3.05) is 12.8 Å². The topological polar surface area (TPSA) is 24.9 Å². The summed E-state index contributed by atoms with van der Waals surface area (Å²) >= 11 is 7.05. The standard InChI is InChI=1S/C13H15BrN2S2/c1-15-11(8-13-16-6-7-17-13)9-18-12-4-2-10(14)3-5-12/h2-7,11,15H,8-9H2,1H3. The number of halogens is 1. The molecule has 1 aromatic carbocycles. The molecule has 0 aliphatic heterocycles. The van der Waals surface area contributed by atoms with E-state index < -0.39 is 0 Å².